The first-order valence-electron chi connectivity index (χ1n) is 6.51. The van der Waals surface area contributed by atoms with E-state index in [1.807, 2.05) is 18.2 Å². The minimum Gasteiger partial charge on any atom is -0.481 e. The fourth-order valence-corrected chi connectivity index (χ4v) is 3.94. The van der Waals surface area contributed by atoms with E-state index >= 15 is 0 Å². The van der Waals surface area contributed by atoms with E-state index in [0.717, 1.165) is 30.7 Å². The summed E-state index contributed by atoms with van der Waals surface area (Å²) in [6.45, 7) is 2.19. The lowest BCUT2D eigenvalue weighted by Crippen LogP contribution is -2.32. The molecule has 1 heterocycles. The molecule has 0 spiro atoms. The number of aliphatic carboxylic acids is 1. The molecule has 0 saturated heterocycles. The van der Waals surface area contributed by atoms with Gasteiger partial charge in [-0.3, -0.25) is 4.79 Å². The van der Waals surface area contributed by atoms with Crippen LogP contribution in [0, 0.1) is 11.8 Å². The zero-order valence-corrected chi connectivity index (χ0v) is 11.4. The summed E-state index contributed by atoms with van der Waals surface area (Å²) in [5.41, 5.74) is 0. The highest BCUT2D eigenvalue weighted by atomic mass is 32.2. The highest BCUT2D eigenvalue weighted by Crippen LogP contribution is 2.40. The maximum atomic E-state index is 11.3. The van der Waals surface area contributed by atoms with Crippen molar-refractivity contribution in [1.82, 2.24) is 4.98 Å². The molecule has 0 bridgehead atoms. The van der Waals surface area contributed by atoms with E-state index in [9.17, 15) is 9.90 Å². The molecule has 3 unspecified atom stereocenters. The van der Waals surface area contributed by atoms with E-state index in [1.165, 1.54) is 0 Å². The molecule has 0 aliphatic heterocycles. The lowest BCUT2D eigenvalue weighted by molar-refractivity contribution is -0.142. The Labute approximate surface area is 112 Å². The molecule has 0 radical (unpaired) electrons. The van der Waals surface area contributed by atoms with Crippen LogP contribution in [0.5, 0.6) is 0 Å². The third kappa shape index (κ3) is 3.25. The third-order valence-corrected chi connectivity index (χ3v) is 5.01. The Morgan fingerprint density at radius 2 is 2.33 bits per heavy atom. The maximum Gasteiger partial charge on any atom is 0.307 e. The van der Waals surface area contributed by atoms with E-state index < -0.39 is 5.97 Å². The lowest BCUT2D eigenvalue weighted by Gasteiger charge is -2.32. The Kier molecular flexibility index (Phi) is 4.64. The molecule has 1 fully saturated rings. The van der Waals surface area contributed by atoms with Crippen LogP contribution < -0.4 is 0 Å². The Balaban J connectivity index is 2.07. The van der Waals surface area contributed by atoms with Gasteiger partial charge < -0.3 is 5.11 Å². The van der Waals surface area contributed by atoms with Crippen LogP contribution in [0.4, 0.5) is 0 Å². The quantitative estimate of drug-likeness (QED) is 0.906. The molecule has 1 aliphatic rings. The van der Waals surface area contributed by atoms with Crippen molar-refractivity contribution in [2.75, 3.05) is 0 Å². The fraction of sp³-hybridized carbons (Fsp3) is 0.571. The first-order valence-corrected chi connectivity index (χ1v) is 7.39. The van der Waals surface area contributed by atoms with Crippen molar-refractivity contribution in [3.63, 3.8) is 0 Å². The van der Waals surface area contributed by atoms with Gasteiger partial charge in [0.25, 0.3) is 0 Å². The number of pyridine rings is 1. The second kappa shape index (κ2) is 6.23. The van der Waals surface area contributed by atoms with E-state index in [0.29, 0.717) is 5.92 Å². The number of thioether (sulfide) groups is 1. The van der Waals surface area contributed by atoms with Crippen molar-refractivity contribution in [3.8, 4) is 0 Å². The molecule has 18 heavy (non-hydrogen) atoms. The van der Waals surface area contributed by atoms with E-state index in [-0.39, 0.29) is 11.2 Å². The summed E-state index contributed by atoms with van der Waals surface area (Å²) in [6.07, 6.45) is 5.75. The molecule has 0 aromatic carbocycles. The van der Waals surface area contributed by atoms with Crippen LogP contribution in [0.3, 0.4) is 0 Å². The van der Waals surface area contributed by atoms with Crippen molar-refractivity contribution in [2.24, 2.45) is 11.8 Å². The molecule has 3 atom stereocenters. The third-order valence-electron chi connectivity index (χ3n) is 3.70. The minimum absolute atomic E-state index is 0.163. The first-order chi connectivity index (χ1) is 8.70. The van der Waals surface area contributed by atoms with Gasteiger partial charge in [0.15, 0.2) is 0 Å². The molecule has 1 aliphatic carbocycles. The molecule has 1 aromatic rings. The highest BCUT2D eigenvalue weighted by Gasteiger charge is 2.35. The van der Waals surface area contributed by atoms with Crippen LogP contribution in [0.1, 0.15) is 32.6 Å². The Morgan fingerprint density at radius 1 is 1.50 bits per heavy atom. The Hall–Kier alpha value is -1.03. The molecule has 1 saturated carbocycles. The smallest absolute Gasteiger partial charge is 0.307 e. The molecule has 98 valence electrons. The van der Waals surface area contributed by atoms with Crippen LogP contribution >= 0.6 is 11.8 Å². The van der Waals surface area contributed by atoms with Gasteiger partial charge >= 0.3 is 5.97 Å². The van der Waals surface area contributed by atoms with E-state index in [2.05, 4.69) is 11.9 Å². The van der Waals surface area contributed by atoms with E-state index in [1.54, 1.807) is 18.0 Å². The normalized spacial score (nSPS) is 27.9. The predicted molar refractivity (Wildman–Crippen MR) is 72.6 cm³/mol. The van der Waals surface area contributed by atoms with Gasteiger partial charge in [0.1, 0.15) is 0 Å². The number of carboxylic acids is 1. The summed E-state index contributed by atoms with van der Waals surface area (Å²) in [7, 11) is 0. The Morgan fingerprint density at radius 3 is 2.94 bits per heavy atom. The van der Waals surface area contributed by atoms with Crippen LogP contribution in [-0.2, 0) is 4.79 Å². The first kappa shape index (κ1) is 13.4. The molecule has 3 nitrogen and oxygen atoms in total. The average molecular weight is 265 g/mol. The summed E-state index contributed by atoms with van der Waals surface area (Å²) >= 11 is 1.63. The van der Waals surface area contributed by atoms with Crippen LogP contribution in [0.15, 0.2) is 29.4 Å². The van der Waals surface area contributed by atoms with Crippen LogP contribution in [0.25, 0.3) is 0 Å². The zero-order chi connectivity index (χ0) is 13.0. The van der Waals surface area contributed by atoms with Crippen LogP contribution in [0.2, 0.25) is 0 Å². The number of hydrogen-bond acceptors (Lipinski definition) is 3. The van der Waals surface area contributed by atoms with Gasteiger partial charge in [0, 0.05) is 11.4 Å². The van der Waals surface area contributed by atoms with Gasteiger partial charge in [-0.25, -0.2) is 4.98 Å². The van der Waals surface area contributed by atoms with Gasteiger partial charge in [-0.1, -0.05) is 19.4 Å². The molecule has 1 aromatic heterocycles. The largest absolute Gasteiger partial charge is 0.481 e. The SMILES string of the molecule is CCC1CCC(C(=O)O)C(Sc2ccccn2)C1. The fourth-order valence-electron chi connectivity index (χ4n) is 2.57. The van der Waals surface area contributed by atoms with Gasteiger partial charge in [-0.15, -0.1) is 11.8 Å². The van der Waals surface area contributed by atoms with Crippen molar-refractivity contribution in [1.29, 1.82) is 0 Å². The number of carboxylic acid groups (broad SMARTS) is 1. The Bertz CT molecular complexity index is 396. The second-order valence-electron chi connectivity index (χ2n) is 4.86. The number of nitrogens with zero attached hydrogens (tertiary/aromatic N) is 1. The minimum atomic E-state index is -0.655. The number of aromatic nitrogens is 1. The molecular weight excluding hydrogens is 246 g/mol. The lowest BCUT2D eigenvalue weighted by atomic mass is 9.80. The van der Waals surface area contributed by atoms with E-state index in [4.69, 9.17) is 0 Å². The number of carbonyl (C=O) groups is 1. The summed E-state index contributed by atoms with van der Waals surface area (Å²) in [5.74, 6) is -0.209. The standard InChI is InChI=1S/C14H19NO2S/c1-2-10-6-7-11(14(16)17)12(9-10)18-13-5-3-4-8-15-13/h3-5,8,10-12H,2,6-7,9H2,1H3,(H,16,17). The van der Waals surface area contributed by atoms with Crippen molar-refractivity contribution < 1.29 is 9.90 Å². The molecule has 4 heteroatoms. The average Bonchev–Trinajstić information content (AvgIpc) is 2.39. The zero-order valence-electron chi connectivity index (χ0n) is 10.6. The monoisotopic (exact) mass is 265 g/mol. The van der Waals surface area contributed by atoms with Crippen molar-refractivity contribution in [3.05, 3.63) is 24.4 Å². The number of hydrogen-bond donors (Lipinski definition) is 1. The maximum absolute atomic E-state index is 11.3. The molecule has 0 amide bonds. The van der Waals surface area contributed by atoms with Crippen LogP contribution in [-0.4, -0.2) is 21.3 Å². The summed E-state index contributed by atoms with van der Waals surface area (Å²) in [4.78, 5) is 15.6. The molecule has 2 rings (SSSR count). The molecular formula is C14H19NO2S. The second-order valence-corrected chi connectivity index (χ2v) is 6.12. The van der Waals surface area contributed by atoms with Gasteiger partial charge in [-0.2, -0.15) is 0 Å². The summed E-state index contributed by atoms with van der Waals surface area (Å²) in [6, 6.07) is 5.79. The summed E-state index contributed by atoms with van der Waals surface area (Å²) in [5, 5.41) is 10.4. The summed E-state index contributed by atoms with van der Waals surface area (Å²) < 4.78 is 0. The topological polar surface area (TPSA) is 50.2 Å². The van der Waals surface area contributed by atoms with Gasteiger partial charge in [0.2, 0.25) is 0 Å². The number of rotatable bonds is 4. The highest BCUT2D eigenvalue weighted by molar-refractivity contribution is 7.99. The van der Waals surface area contributed by atoms with Gasteiger partial charge in [-0.05, 0) is 37.3 Å². The van der Waals surface area contributed by atoms with Gasteiger partial charge in [0.05, 0.1) is 10.9 Å². The molecule has 1 N–H and O–H groups in total. The van der Waals surface area contributed by atoms with Crippen molar-refractivity contribution in [2.45, 2.75) is 42.9 Å². The predicted octanol–water partition coefficient (Wildman–Crippen LogP) is 3.45. The van der Waals surface area contributed by atoms with Crippen molar-refractivity contribution >= 4 is 17.7 Å².